The summed E-state index contributed by atoms with van der Waals surface area (Å²) in [7, 11) is 0. The molecule has 1 atom stereocenters. The van der Waals surface area contributed by atoms with Crippen molar-refractivity contribution < 1.29 is 0 Å². The molecule has 4 nitrogen and oxygen atoms in total. The molecule has 0 fully saturated rings. The first-order valence-corrected chi connectivity index (χ1v) is 7.82. The molecule has 0 aliphatic rings. The van der Waals surface area contributed by atoms with Crippen molar-refractivity contribution in [3.63, 3.8) is 0 Å². The van der Waals surface area contributed by atoms with Crippen LogP contribution in [0.15, 0.2) is 24.5 Å². The Morgan fingerprint density at radius 3 is 2.76 bits per heavy atom. The quantitative estimate of drug-likeness (QED) is 0.850. The molecule has 2 aromatic rings. The van der Waals surface area contributed by atoms with E-state index in [4.69, 9.17) is 0 Å². The van der Waals surface area contributed by atoms with Crippen molar-refractivity contribution in [2.75, 3.05) is 6.54 Å². The molecule has 21 heavy (non-hydrogen) atoms. The van der Waals surface area contributed by atoms with Crippen LogP contribution >= 0.6 is 0 Å². The fraction of sp³-hybridized carbons (Fsp3) is 0.529. The monoisotopic (exact) mass is 286 g/mol. The number of aryl methyl sites for hydroxylation is 3. The maximum Gasteiger partial charge on any atom is 0.0596 e. The van der Waals surface area contributed by atoms with Gasteiger partial charge >= 0.3 is 0 Å². The number of rotatable bonds is 7. The van der Waals surface area contributed by atoms with E-state index in [9.17, 15) is 0 Å². The second-order valence-electron chi connectivity index (χ2n) is 5.54. The molecule has 0 aliphatic carbocycles. The first-order chi connectivity index (χ1) is 10.2. The number of pyridine rings is 1. The highest BCUT2D eigenvalue weighted by Crippen LogP contribution is 2.21. The zero-order chi connectivity index (χ0) is 15.2. The number of nitrogens with zero attached hydrogens (tertiary/aromatic N) is 3. The summed E-state index contributed by atoms with van der Waals surface area (Å²) in [5, 5.41) is 8.22. The van der Waals surface area contributed by atoms with E-state index < -0.39 is 0 Å². The zero-order valence-corrected chi connectivity index (χ0v) is 13.6. The average Bonchev–Trinajstić information content (AvgIpc) is 2.84. The lowest BCUT2D eigenvalue weighted by molar-refractivity contribution is 0.500. The van der Waals surface area contributed by atoms with E-state index in [2.05, 4.69) is 59.9 Å². The molecule has 4 heteroatoms. The minimum Gasteiger partial charge on any atom is -0.310 e. The standard InChI is InChI=1S/C17H26N4/c1-5-8-19-17(16-7-9-18-12-13(16)3)11-15-10-14(4)20-21(15)6-2/h7,9-10,12,17,19H,5-6,8,11H2,1-4H3. The molecule has 0 aromatic carbocycles. The molecular formula is C17H26N4. The highest BCUT2D eigenvalue weighted by Gasteiger charge is 2.16. The second kappa shape index (κ2) is 7.36. The molecule has 1 unspecified atom stereocenters. The van der Waals surface area contributed by atoms with Gasteiger partial charge in [0.1, 0.15) is 0 Å². The Labute approximate surface area is 127 Å². The number of nitrogens with one attached hydrogen (secondary N) is 1. The van der Waals surface area contributed by atoms with Crippen LogP contribution in [0, 0.1) is 13.8 Å². The van der Waals surface area contributed by atoms with Gasteiger partial charge in [-0.2, -0.15) is 5.10 Å². The molecule has 0 radical (unpaired) electrons. The third-order valence-corrected chi connectivity index (χ3v) is 3.78. The summed E-state index contributed by atoms with van der Waals surface area (Å²) in [6, 6.07) is 4.64. The third kappa shape index (κ3) is 3.91. The molecular weight excluding hydrogens is 260 g/mol. The van der Waals surface area contributed by atoms with Gasteiger partial charge in [-0.05, 0) is 57.0 Å². The predicted octanol–water partition coefficient (Wildman–Crippen LogP) is 3.20. The minimum absolute atomic E-state index is 0.314. The van der Waals surface area contributed by atoms with E-state index in [0.717, 1.165) is 31.6 Å². The summed E-state index contributed by atoms with van der Waals surface area (Å²) in [4.78, 5) is 4.21. The van der Waals surface area contributed by atoms with Crippen LogP contribution in [0.1, 0.15) is 48.8 Å². The number of hydrogen-bond acceptors (Lipinski definition) is 3. The molecule has 0 spiro atoms. The van der Waals surface area contributed by atoms with E-state index in [1.165, 1.54) is 16.8 Å². The van der Waals surface area contributed by atoms with Crippen LogP contribution < -0.4 is 5.32 Å². The molecule has 0 aliphatic heterocycles. The van der Waals surface area contributed by atoms with E-state index in [-0.39, 0.29) is 0 Å². The highest BCUT2D eigenvalue weighted by molar-refractivity contribution is 5.27. The van der Waals surface area contributed by atoms with Gasteiger partial charge in [0.05, 0.1) is 5.69 Å². The van der Waals surface area contributed by atoms with Gasteiger partial charge in [0.2, 0.25) is 0 Å². The Balaban J connectivity index is 2.26. The summed E-state index contributed by atoms with van der Waals surface area (Å²) in [5.41, 5.74) is 4.96. The van der Waals surface area contributed by atoms with Crippen molar-refractivity contribution in [1.29, 1.82) is 0 Å². The molecule has 114 valence electrons. The molecule has 1 N–H and O–H groups in total. The van der Waals surface area contributed by atoms with Gasteiger partial charge in [0.15, 0.2) is 0 Å². The van der Waals surface area contributed by atoms with Crippen molar-refractivity contribution in [2.45, 2.75) is 53.1 Å². The maximum atomic E-state index is 4.56. The molecule has 0 bridgehead atoms. The molecule has 0 saturated carbocycles. The molecule has 0 amide bonds. The Kier molecular flexibility index (Phi) is 5.51. The smallest absolute Gasteiger partial charge is 0.0596 e. The van der Waals surface area contributed by atoms with Gasteiger partial charge < -0.3 is 5.32 Å². The Bertz CT molecular complexity index is 574. The lowest BCUT2D eigenvalue weighted by Crippen LogP contribution is -2.26. The van der Waals surface area contributed by atoms with E-state index in [1.54, 1.807) is 0 Å². The van der Waals surface area contributed by atoms with Gasteiger partial charge in [-0.25, -0.2) is 0 Å². The lowest BCUT2D eigenvalue weighted by Gasteiger charge is -2.21. The maximum absolute atomic E-state index is 4.56. The van der Waals surface area contributed by atoms with Crippen LogP contribution in [0.25, 0.3) is 0 Å². The summed E-state index contributed by atoms with van der Waals surface area (Å²) >= 11 is 0. The Morgan fingerprint density at radius 1 is 1.29 bits per heavy atom. The van der Waals surface area contributed by atoms with Crippen LogP contribution in [-0.4, -0.2) is 21.3 Å². The Hall–Kier alpha value is -1.68. The largest absolute Gasteiger partial charge is 0.310 e. The third-order valence-electron chi connectivity index (χ3n) is 3.78. The van der Waals surface area contributed by atoms with E-state index in [1.807, 2.05) is 12.4 Å². The topological polar surface area (TPSA) is 42.7 Å². The summed E-state index contributed by atoms with van der Waals surface area (Å²) in [5.74, 6) is 0. The van der Waals surface area contributed by atoms with Crippen LogP contribution in [-0.2, 0) is 13.0 Å². The predicted molar refractivity (Wildman–Crippen MR) is 86.4 cm³/mol. The van der Waals surface area contributed by atoms with E-state index >= 15 is 0 Å². The molecule has 2 heterocycles. The molecule has 0 saturated heterocycles. The summed E-state index contributed by atoms with van der Waals surface area (Å²) in [6.45, 7) is 10.5. The fourth-order valence-electron chi connectivity index (χ4n) is 2.73. The van der Waals surface area contributed by atoms with E-state index in [0.29, 0.717) is 6.04 Å². The second-order valence-corrected chi connectivity index (χ2v) is 5.54. The zero-order valence-electron chi connectivity index (χ0n) is 13.6. The van der Waals surface area contributed by atoms with Crippen LogP contribution in [0.5, 0.6) is 0 Å². The van der Waals surface area contributed by atoms with Crippen LogP contribution in [0.2, 0.25) is 0 Å². The lowest BCUT2D eigenvalue weighted by atomic mass is 9.99. The molecule has 2 aromatic heterocycles. The fourth-order valence-corrected chi connectivity index (χ4v) is 2.73. The number of hydrogen-bond donors (Lipinski definition) is 1. The van der Waals surface area contributed by atoms with Crippen LogP contribution in [0.3, 0.4) is 0 Å². The normalized spacial score (nSPS) is 12.6. The van der Waals surface area contributed by atoms with Gasteiger partial charge in [-0.3, -0.25) is 9.67 Å². The molecule has 2 rings (SSSR count). The van der Waals surface area contributed by atoms with Crippen LogP contribution in [0.4, 0.5) is 0 Å². The van der Waals surface area contributed by atoms with Crippen molar-refractivity contribution in [1.82, 2.24) is 20.1 Å². The van der Waals surface area contributed by atoms with Gasteiger partial charge in [0, 0.05) is 37.1 Å². The first-order valence-electron chi connectivity index (χ1n) is 7.82. The van der Waals surface area contributed by atoms with Gasteiger partial charge in [-0.1, -0.05) is 6.92 Å². The van der Waals surface area contributed by atoms with Gasteiger partial charge in [0.25, 0.3) is 0 Å². The average molecular weight is 286 g/mol. The van der Waals surface area contributed by atoms with Crippen molar-refractivity contribution in [3.05, 3.63) is 47.0 Å². The summed E-state index contributed by atoms with van der Waals surface area (Å²) in [6.07, 6.45) is 5.91. The SMILES string of the molecule is CCCNC(Cc1cc(C)nn1CC)c1ccncc1C. The summed E-state index contributed by atoms with van der Waals surface area (Å²) < 4.78 is 2.10. The highest BCUT2D eigenvalue weighted by atomic mass is 15.3. The Morgan fingerprint density at radius 2 is 2.10 bits per heavy atom. The number of aromatic nitrogens is 3. The van der Waals surface area contributed by atoms with Crippen molar-refractivity contribution >= 4 is 0 Å². The minimum atomic E-state index is 0.314. The van der Waals surface area contributed by atoms with Crippen molar-refractivity contribution in [2.24, 2.45) is 0 Å². The first kappa shape index (κ1) is 15.7. The van der Waals surface area contributed by atoms with Gasteiger partial charge in [-0.15, -0.1) is 0 Å². The van der Waals surface area contributed by atoms with Crippen molar-refractivity contribution in [3.8, 4) is 0 Å².